The molecule has 0 bridgehead atoms. The fourth-order valence-electron chi connectivity index (χ4n) is 4.26. The topological polar surface area (TPSA) is 79.6 Å². The number of ketones is 1. The Kier molecular flexibility index (Phi) is 6.61. The number of hydrogen-bond donors (Lipinski definition) is 0. The lowest BCUT2D eigenvalue weighted by Gasteiger charge is -2.54. The van der Waals surface area contributed by atoms with Gasteiger partial charge in [-0.3, -0.25) is 4.79 Å². The number of fused-ring (bicyclic) bond motifs is 1. The molecule has 1 saturated heterocycles. The van der Waals surface area contributed by atoms with Crippen LogP contribution in [0.4, 0.5) is 4.79 Å². The quantitative estimate of drug-likeness (QED) is 0.605. The van der Waals surface area contributed by atoms with Gasteiger partial charge >= 0.3 is 6.09 Å². The highest BCUT2D eigenvalue weighted by molar-refractivity contribution is 6.74. The van der Waals surface area contributed by atoms with Crippen molar-refractivity contribution in [2.24, 2.45) is 11.3 Å². The van der Waals surface area contributed by atoms with Gasteiger partial charge in [0, 0.05) is 31.0 Å². The molecule has 0 aromatic carbocycles. The number of likely N-dealkylation sites (tertiary alicyclic amines) is 1. The van der Waals surface area contributed by atoms with Crippen molar-refractivity contribution in [3.8, 4) is 6.07 Å². The molecule has 7 heteroatoms. The van der Waals surface area contributed by atoms with Crippen LogP contribution >= 0.6 is 0 Å². The first-order valence-electron chi connectivity index (χ1n) is 10.7. The highest BCUT2D eigenvalue weighted by Gasteiger charge is 2.57. The summed E-state index contributed by atoms with van der Waals surface area (Å²) in [5.74, 6) is -0.759. The zero-order valence-electron chi connectivity index (χ0n) is 19.4. The lowest BCUT2D eigenvalue weighted by molar-refractivity contribution is -0.139. The van der Waals surface area contributed by atoms with Gasteiger partial charge in [-0.15, -0.1) is 0 Å². The molecule has 1 saturated carbocycles. The molecule has 1 amide bonds. The fourth-order valence-corrected chi connectivity index (χ4v) is 5.32. The molecule has 1 aliphatic heterocycles. The molecule has 2 unspecified atom stereocenters. The lowest BCUT2D eigenvalue weighted by Crippen LogP contribution is -2.63. The fraction of sp³-hybridized carbons (Fsp3) is 0.864. The van der Waals surface area contributed by atoms with E-state index in [1.54, 1.807) is 4.90 Å². The average Bonchev–Trinajstić information content (AvgIpc) is 2.56. The zero-order chi connectivity index (χ0) is 22.3. The van der Waals surface area contributed by atoms with Gasteiger partial charge in [-0.25, -0.2) is 4.79 Å². The summed E-state index contributed by atoms with van der Waals surface area (Å²) in [7, 11) is -2.08. The second-order valence-corrected chi connectivity index (χ2v) is 16.0. The zero-order valence-corrected chi connectivity index (χ0v) is 20.4. The molecule has 0 radical (unpaired) electrons. The summed E-state index contributed by atoms with van der Waals surface area (Å²) in [6, 6.07) is 2.07. The second-order valence-electron chi connectivity index (χ2n) is 11.1. The second kappa shape index (κ2) is 8.03. The van der Waals surface area contributed by atoms with Gasteiger partial charge in [0.2, 0.25) is 0 Å². The Morgan fingerprint density at radius 3 is 2.41 bits per heavy atom. The average molecular weight is 423 g/mol. The van der Waals surface area contributed by atoms with Crippen molar-refractivity contribution in [2.45, 2.75) is 97.0 Å². The summed E-state index contributed by atoms with van der Waals surface area (Å²) in [4.78, 5) is 27.4. The predicted octanol–water partition coefficient (Wildman–Crippen LogP) is 4.90. The molecular weight excluding hydrogens is 384 g/mol. The monoisotopic (exact) mass is 422 g/mol. The normalized spacial score (nSPS) is 28.5. The summed E-state index contributed by atoms with van der Waals surface area (Å²) in [5, 5.41) is 9.94. The van der Waals surface area contributed by atoms with E-state index in [0.717, 1.165) is 12.8 Å². The Labute approximate surface area is 177 Å². The Hall–Kier alpha value is -1.39. The number of nitrogens with zero attached hydrogens (tertiary/aromatic N) is 2. The van der Waals surface area contributed by atoms with Crippen molar-refractivity contribution in [1.82, 2.24) is 4.90 Å². The van der Waals surface area contributed by atoms with E-state index in [9.17, 15) is 14.9 Å². The molecule has 0 aromatic rings. The third kappa shape index (κ3) is 4.85. The van der Waals surface area contributed by atoms with Crippen LogP contribution in [0.1, 0.15) is 67.2 Å². The van der Waals surface area contributed by atoms with Gasteiger partial charge in [-0.1, -0.05) is 20.8 Å². The molecule has 3 atom stereocenters. The SMILES string of the molecule is CC(C)(C)OC(=O)N1CCCC2(CO[Si](C)(C)C(C)(C)C)C(C#N)C(=O)CC[C@@H]12. The van der Waals surface area contributed by atoms with Crippen LogP contribution in [0.2, 0.25) is 18.1 Å². The van der Waals surface area contributed by atoms with Gasteiger partial charge in [0.25, 0.3) is 0 Å². The molecular formula is C22H38N2O4Si. The van der Waals surface area contributed by atoms with Crippen molar-refractivity contribution >= 4 is 20.2 Å². The summed E-state index contributed by atoms with van der Waals surface area (Å²) in [6.45, 7) is 17.4. The van der Waals surface area contributed by atoms with Crippen molar-refractivity contribution in [1.29, 1.82) is 5.26 Å². The molecule has 29 heavy (non-hydrogen) atoms. The van der Waals surface area contributed by atoms with Crippen molar-refractivity contribution < 1.29 is 18.8 Å². The van der Waals surface area contributed by atoms with Crippen LogP contribution in [0, 0.1) is 22.7 Å². The van der Waals surface area contributed by atoms with E-state index in [-0.39, 0.29) is 23.0 Å². The molecule has 164 valence electrons. The highest BCUT2D eigenvalue weighted by atomic mass is 28.4. The molecule has 0 aromatic heterocycles. The first-order chi connectivity index (χ1) is 13.1. The summed E-state index contributed by atoms with van der Waals surface area (Å²) < 4.78 is 12.2. The van der Waals surface area contributed by atoms with E-state index in [4.69, 9.17) is 9.16 Å². The standard InChI is InChI=1S/C22H38N2O4Si/c1-20(2,3)28-19(26)24-13-9-12-22(15-27-29(7,8)21(4,5)6)16(14-23)17(25)10-11-18(22)24/h16,18H,9-13,15H2,1-8H3/t16?,18-,22?/m1/s1. The molecule has 1 aliphatic carbocycles. The van der Waals surface area contributed by atoms with E-state index >= 15 is 0 Å². The Morgan fingerprint density at radius 1 is 1.28 bits per heavy atom. The first-order valence-corrected chi connectivity index (χ1v) is 13.6. The number of amides is 1. The number of hydrogen-bond acceptors (Lipinski definition) is 5. The molecule has 2 aliphatic rings. The third-order valence-corrected chi connectivity index (χ3v) is 11.4. The smallest absolute Gasteiger partial charge is 0.410 e. The van der Waals surface area contributed by atoms with E-state index in [1.807, 2.05) is 20.8 Å². The van der Waals surface area contributed by atoms with Gasteiger partial charge in [0.1, 0.15) is 11.5 Å². The number of Topliss-reactive ketones (excluding diaryl/α,β-unsaturated/α-hetero) is 1. The lowest BCUT2D eigenvalue weighted by atomic mass is 9.59. The highest BCUT2D eigenvalue weighted by Crippen LogP contribution is 2.50. The van der Waals surface area contributed by atoms with Crippen molar-refractivity contribution in [3.63, 3.8) is 0 Å². The predicted molar refractivity (Wildman–Crippen MR) is 115 cm³/mol. The Morgan fingerprint density at radius 2 is 1.90 bits per heavy atom. The minimum absolute atomic E-state index is 0.0198. The number of carbonyl (C=O) groups is 2. The molecule has 0 N–H and O–H groups in total. The molecule has 0 spiro atoms. The van der Waals surface area contributed by atoms with Gasteiger partial charge in [-0.2, -0.15) is 5.26 Å². The Balaban J connectivity index is 2.39. The number of rotatable bonds is 3. The number of carbonyl (C=O) groups excluding carboxylic acids is 2. The molecule has 1 heterocycles. The van der Waals surface area contributed by atoms with E-state index in [2.05, 4.69) is 39.9 Å². The van der Waals surface area contributed by atoms with Gasteiger partial charge in [0.05, 0.1) is 6.07 Å². The van der Waals surface area contributed by atoms with Gasteiger partial charge in [-0.05, 0) is 58.2 Å². The maximum Gasteiger partial charge on any atom is 0.410 e. The summed E-state index contributed by atoms with van der Waals surface area (Å²) in [6.07, 6.45) is 1.99. The molecule has 2 rings (SSSR count). The van der Waals surface area contributed by atoms with Crippen LogP contribution in [-0.2, 0) is 14.0 Å². The van der Waals surface area contributed by atoms with Crippen LogP contribution in [0.15, 0.2) is 0 Å². The number of piperidine rings is 1. The minimum Gasteiger partial charge on any atom is -0.444 e. The van der Waals surface area contributed by atoms with E-state index < -0.39 is 25.3 Å². The first kappa shape index (κ1) is 23.9. The summed E-state index contributed by atoms with van der Waals surface area (Å²) in [5.41, 5.74) is -1.25. The molecule has 2 fully saturated rings. The van der Waals surface area contributed by atoms with Crippen LogP contribution in [0.25, 0.3) is 0 Å². The van der Waals surface area contributed by atoms with Crippen LogP contribution < -0.4 is 0 Å². The van der Waals surface area contributed by atoms with Crippen molar-refractivity contribution in [2.75, 3.05) is 13.2 Å². The van der Waals surface area contributed by atoms with E-state index in [0.29, 0.717) is 26.0 Å². The van der Waals surface area contributed by atoms with Gasteiger partial charge in [0.15, 0.2) is 14.1 Å². The van der Waals surface area contributed by atoms with Crippen LogP contribution in [0.3, 0.4) is 0 Å². The van der Waals surface area contributed by atoms with Crippen LogP contribution in [0.5, 0.6) is 0 Å². The maximum absolute atomic E-state index is 13.0. The van der Waals surface area contributed by atoms with Crippen LogP contribution in [-0.4, -0.2) is 49.9 Å². The number of nitriles is 1. The minimum atomic E-state index is -2.08. The van der Waals surface area contributed by atoms with Crippen molar-refractivity contribution in [3.05, 3.63) is 0 Å². The number of ether oxygens (including phenoxy) is 1. The Bertz CT molecular complexity index is 686. The largest absolute Gasteiger partial charge is 0.444 e. The molecule has 6 nitrogen and oxygen atoms in total. The maximum atomic E-state index is 13.0. The van der Waals surface area contributed by atoms with Gasteiger partial charge < -0.3 is 14.1 Å². The third-order valence-electron chi connectivity index (χ3n) is 6.91. The summed E-state index contributed by atoms with van der Waals surface area (Å²) >= 11 is 0. The van der Waals surface area contributed by atoms with E-state index in [1.165, 1.54) is 0 Å².